The summed E-state index contributed by atoms with van der Waals surface area (Å²) in [5, 5.41) is 2.16. The third-order valence-electron chi connectivity index (χ3n) is 1.23. The van der Waals surface area contributed by atoms with Gasteiger partial charge in [0.15, 0.2) is 0 Å². The molecule has 0 aliphatic carbocycles. The van der Waals surface area contributed by atoms with Gasteiger partial charge in [-0.1, -0.05) is 0 Å². The van der Waals surface area contributed by atoms with Crippen molar-refractivity contribution in [2.45, 2.75) is 12.1 Å². The maximum absolute atomic E-state index is 5.73. The molecule has 1 atom stereocenters. The fraction of sp³-hybridized carbons (Fsp3) is 0.250. The van der Waals surface area contributed by atoms with Crippen LogP contribution in [-0.4, -0.2) is 15.8 Å². The summed E-state index contributed by atoms with van der Waals surface area (Å²) in [6.07, 6.45) is 0. The second-order valence-corrected chi connectivity index (χ2v) is 5.91. The van der Waals surface area contributed by atoms with E-state index in [0.717, 1.165) is 5.02 Å². The van der Waals surface area contributed by atoms with E-state index in [2.05, 4.69) is 19.1 Å². The van der Waals surface area contributed by atoms with Crippen LogP contribution in [0.25, 0.3) is 0 Å². The van der Waals surface area contributed by atoms with E-state index >= 15 is 0 Å². The van der Waals surface area contributed by atoms with Gasteiger partial charge < -0.3 is 0 Å². The zero-order valence-electron chi connectivity index (χ0n) is 5.89. The van der Waals surface area contributed by atoms with Crippen LogP contribution in [-0.2, 0) is 0 Å². The van der Waals surface area contributed by atoms with Gasteiger partial charge in [0.2, 0.25) is 0 Å². The predicted octanol–water partition coefficient (Wildman–Crippen LogP) is 1.84. The molecule has 1 aromatic carbocycles. The molecule has 0 spiro atoms. The molecule has 0 aliphatic rings. The summed E-state index contributed by atoms with van der Waals surface area (Å²) in [6, 6.07) is 8.20. The molecule has 0 nitrogen and oxygen atoms in total. The van der Waals surface area contributed by atoms with Crippen LogP contribution in [0.1, 0.15) is 6.92 Å². The minimum atomic E-state index is 0.137. The zero-order chi connectivity index (χ0) is 7.40. The van der Waals surface area contributed by atoms with Gasteiger partial charge in [0, 0.05) is 0 Å². The average Bonchev–Trinajstić information content (AvgIpc) is 1.95. The van der Waals surface area contributed by atoms with E-state index in [1.165, 1.54) is 9.56 Å². The quantitative estimate of drug-likeness (QED) is 0.662. The maximum atomic E-state index is 5.73. The molecule has 0 aromatic heterocycles. The topological polar surface area (TPSA) is 0 Å². The normalized spacial score (nSPS) is 11.0. The minimum absolute atomic E-state index is 0.137. The first-order valence-corrected chi connectivity index (χ1v) is 6.23. The van der Waals surface area contributed by atoms with Gasteiger partial charge >= 0.3 is 73.1 Å². The molecule has 0 bridgehead atoms. The molecule has 1 aromatic rings. The molecular formula is C8H10AsCl. The van der Waals surface area contributed by atoms with E-state index in [1.54, 1.807) is 0 Å². The van der Waals surface area contributed by atoms with Gasteiger partial charge in [-0.15, -0.1) is 0 Å². The number of benzene rings is 1. The first kappa shape index (κ1) is 8.17. The Labute approximate surface area is 73.3 Å². The average molecular weight is 217 g/mol. The van der Waals surface area contributed by atoms with Crippen molar-refractivity contribution in [3.05, 3.63) is 29.3 Å². The molecule has 1 unspecified atom stereocenters. The molecular weight excluding hydrogens is 206 g/mol. The molecule has 2 heteroatoms. The van der Waals surface area contributed by atoms with Gasteiger partial charge in [0.25, 0.3) is 0 Å². The summed E-state index contributed by atoms with van der Waals surface area (Å²) in [6.45, 7) is 2.23. The second-order valence-electron chi connectivity index (χ2n) is 2.04. The summed E-state index contributed by atoms with van der Waals surface area (Å²) in [4.78, 5) is 0. The SMILES string of the molecule is CC[AsH]c1ccc(Cl)cc1. The van der Waals surface area contributed by atoms with Gasteiger partial charge in [0.1, 0.15) is 0 Å². The second kappa shape index (κ2) is 4.05. The Kier molecular flexibility index (Phi) is 3.31. The summed E-state index contributed by atoms with van der Waals surface area (Å²) in [5.74, 6) is 0. The van der Waals surface area contributed by atoms with Crippen molar-refractivity contribution in [3.8, 4) is 0 Å². The van der Waals surface area contributed by atoms with Crippen LogP contribution in [0.15, 0.2) is 24.3 Å². The van der Waals surface area contributed by atoms with E-state index < -0.39 is 0 Å². The zero-order valence-corrected chi connectivity index (χ0v) is 8.75. The molecule has 54 valence electrons. The van der Waals surface area contributed by atoms with Crippen LogP contribution in [0.3, 0.4) is 0 Å². The van der Waals surface area contributed by atoms with Crippen molar-refractivity contribution < 1.29 is 0 Å². The fourth-order valence-electron chi connectivity index (χ4n) is 0.772. The van der Waals surface area contributed by atoms with Crippen LogP contribution in [0.2, 0.25) is 10.2 Å². The Bertz CT molecular complexity index is 193. The molecule has 0 heterocycles. The summed E-state index contributed by atoms with van der Waals surface area (Å²) in [5.41, 5.74) is 0. The van der Waals surface area contributed by atoms with Crippen LogP contribution in [0.5, 0.6) is 0 Å². The number of hydrogen-bond acceptors (Lipinski definition) is 0. The number of halogens is 1. The molecule has 1 rings (SSSR count). The monoisotopic (exact) mass is 216 g/mol. The fourth-order valence-corrected chi connectivity index (χ4v) is 2.60. The Hall–Kier alpha value is 0.0684. The Morgan fingerprint density at radius 3 is 2.40 bits per heavy atom. The first-order chi connectivity index (χ1) is 4.83. The summed E-state index contributed by atoms with van der Waals surface area (Å²) < 4.78 is 1.49. The van der Waals surface area contributed by atoms with Gasteiger partial charge in [0.05, 0.1) is 0 Å². The Morgan fingerprint density at radius 1 is 1.30 bits per heavy atom. The Morgan fingerprint density at radius 2 is 1.90 bits per heavy atom. The van der Waals surface area contributed by atoms with Crippen LogP contribution in [0.4, 0.5) is 0 Å². The predicted molar refractivity (Wildman–Crippen MR) is 48.7 cm³/mol. The number of hydrogen-bond donors (Lipinski definition) is 0. The molecule has 0 fully saturated rings. The van der Waals surface area contributed by atoms with Crippen LogP contribution >= 0.6 is 11.6 Å². The van der Waals surface area contributed by atoms with E-state index in [0.29, 0.717) is 0 Å². The van der Waals surface area contributed by atoms with Crippen molar-refractivity contribution in [2.75, 3.05) is 0 Å². The molecule has 0 aliphatic heterocycles. The summed E-state index contributed by atoms with van der Waals surface area (Å²) in [7, 11) is 0. The van der Waals surface area contributed by atoms with Crippen molar-refractivity contribution in [1.29, 1.82) is 0 Å². The van der Waals surface area contributed by atoms with Crippen molar-refractivity contribution in [1.82, 2.24) is 0 Å². The molecule has 0 N–H and O–H groups in total. The van der Waals surface area contributed by atoms with E-state index in [-0.39, 0.29) is 15.8 Å². The van der Waals surface area contributed by atoms with Gasteiger partial charge in [-0.3, -0.25) is 0 Å². The molecule has 0 saturated carbocycles. The molecule has 0 saturated heterocycles. The van der Waals surface area contributed by atoms with E-state index in [9.17, 15) is 0 Å². The summed E-state index contributed by atoms with van der Waals surface area (Å²) >= 11 is 5.86. The number of rotatable bonds is 2. The third kappa shape index (κ3) is 2.36. The van der Waals surface area contributed by atoms with Crippen LogP contribution in [0, 0.1) is 0 Å². The Balaban J connectivity index is 2.69. The van der Waals surface area contributed by atoms with Gasteiger partial charge in [-0.2, -0.15) is 0 Å². The van der Waals surface area contributed by atoms with Crippen molar-refractivity contribution in [2.24, 2.45) is 0 Å². The molecule has 0 radical (unpaired) electrons. The molecule has 10 heavy (non-hydrogen) atoms. The van der Waals surface area contributed by atoms with Crippen molar-refractivity contribution >= 4 is 31.7 Å². The first-order valence-electron chi connectivity index (χ1n) is 3.32. The molecule has 0 amide bonds. The van der Waals surface area contributed by atoms with Crippen molar-refractivity contribution in [3.63, 3.8) is 0 Å². The van der Waals surface area contributed by atoms with Crippen LogP contribution < -0.4 is 4.35 Å². The van der Waals surface area contributed by atoms with Gasteiger partial charge in [-0.25, -0.2) is 0 Å². The standard InChI is InChI=1S/C8H10AsCl/c1-2-9-7-3-5-8(10)6-4-7/h3-6,9H,2H2,1H3. The third-order valence-corrected chi connectivity index (χ3v) is 3.77. The van der Waals surface area contributed by atoms with Gasteiger partial charge in [-0.05, 0) is 0 Å². The van der Waals surface area contributed by atoms with E-state index in [4.69, 9.17) is 11.6 Å². The van der Waals surface area contributed by atoms with E-state index in [1.807, 2.05) is 12.1 Å².